The van der Waals surface area contributed by atoms with Crippen LogP contribution in [0.4, 0.5) is 5.69 Å². The average Bonchev–Trinajstić information content (AvgIpc) is 2.52. The van der Waals surface area contributed by atoms with Gasteiger partial charge >= 0.3 is 5.63 Å². The fraction of sp³-hybridized carbons (Fsp3) is 0.158. The average molecular weight is 307 g/mol. The molecule has 0 aliphatic heterocycles. The number of fused-ring (bicyclic) bond motifs is 1. The highest BCUT2D eigenvalue weighted by Crippen LogP contribution is 2.20. The van der Waals surface area contributed by atoms with E-state index in [1.807, 2.05) is 57.2 Å². The van der Waals surface area contributed by atoms with Crippen molar-refractivity contribution in [3.63, 3.8) is 0 Å². The van der Waals surface area contributed by atoms with Crippen molar-refractivity contribution < 1.29 is 9.21 Å². The summed E-state index contributed by atoms with van der Waals surface area (Å²) >= 11 is 0. The van der Waals surface area contributed by atoms with Gasteiger partial charge in [-0.2, -0.15) is 0 Å². The molecule has 23 heavy (non-hydrogen) atoms. The maximum atomic E-state index is 12.5. The number of anilines is 1. The third-order valence-corrected chi connectivity index (χ3v) is 4.05. The van der Waals surface area contributed by atoms with E-state index in [2.05, 4.69) is 5.32 Å². The molecule has 0 spiro atoms. The summed E-state index contributed by atoms with van der Waals surface area (Å²) in [4.78, 5) is 24.6. The van der Waals surface area contributed by atoms with Crippen LogP contribution in [-0.4, -0.2) is 5.91 Å². The number of rotatable bonds is 2. The lowest BCUT2D eigenvalue weighted by molar-refractivity contribution is 0.102. The van der Waals surface area contributed by atoms with Gasteiger partial charge in [0.2, 0.25) is 0 Å². The van der Waals surface area contributed by atoms with Crippen molar-refractivity contribution >= 4 is 22.6 Å². The summed E-state index contributed by atoms with van der Waals surface area (Å²) in [6.45, 7) is 5.76. The minimum atomic E-state index is -0.630. The molecule has 3 aromatic rings. The van der Waals surface area contributed by atoms with E-state index < -0.39 is 11.5 Å². The third-order valence-electron chi connectivity index (χ3n) is 4.05. The van der Waals surface area contributed by atoms with Gasteiger partial charge in [0.05, 0.1) is 0 Å². The van der Waals surface area contributed by atoms with Crippen molar-refractivity contribution in [2.75, 3.05) is 5.32 Å². The lowest BCUT2D eigenvalue weighted by atomic mass is 10.1. The number of benzene rings is 2. The van der Waals surface area contributed by atoms with Crippen LogP contribution in [-0.2, 0) is 0 Å². The molecule has 0 fully saturated rings. The first kappa shape index (κ1) is 15.0. The van der Waals surface area contributed by atoms with Crippen molar-refractivity contribution in [3.8, 4) is 0 Å². The predicted octanol–water partition coefficient (Wildman–Crippen LogP) is 3.97. The van der Waals surface area contributed by atoms with Crippen molar-refractivity contribution in [1.82, 2.24) is 0 Å². The topological polar surface area (TPSA) is 59.3 Å². The summed E-state index contributed by atoms with van der Waals surface area (Å²) in [6.07, 6.45) is 0. The van der Waals surface area contributed by atoms with Crippen LogP contribution in [0.5, 0.6) is 0 Å². The maximum absolute atomic E-state index is 12.5. The molecule has 1 heterocycles. The summed E-state index contributed by atoms with van der Waals surface area (Å²) < 4.78 is 5.32. The van der Waals surface area contributed by atoms with Crippen LogP contribution in [0.25, 0.3) is 11.0 Å². The van der Waals surface area contributed by atoms with Gasteiger partial charge in [-0.25, -0.2) is 4.79 Å². The Hall–Kier alpha value is -2.88. The fourth-order valence-electron chi connectivity index (χ4n) is 2.52. The first-order chi connectivity index (χ1) is 11.0. The summed E-state index contributed by atoms with van der Waals surface area (Å²) in [5, 5.41) is 3.52. The van der Waals surface area contributed by atoms with Gasteiger partial charge in [-0.05, 0) is 49.6 Å². The number of nitrogens with one attached hydrogen (secondary N) is 1. The van der Waals surface area contributed by atoms with Crippen molar-refractivity contribution in [2.24, 2.45) is 0 Å². The van der Waals surface area contributed by atoms with Crippen LogP contribution in [0, 0.1) is 20.8 Å². The summed E-state index contributed by atoms with van der Waals surface area (Å²) in [5.74, 6) is -0.462. The van der Waals surface area contributed by atoms with Crippen LogP contribution < -0.4 is 10.9 Å². The SMILES string of the molecule is Cc1cccc(NC(=O)c2cc3cccc(C)c3oc2=O)c1C. The number of aryl methyl sites for hydroxylation is 2. The third kappa shape index (κ3) is 2.75. The highest BCUT2D eigenvalue weighted by molar-refractivity contribution is 6.05. The van der Waals surface area contributed by atoms with Crippen molar-refractivity contribution in [1.29, 1.82) is 0 Å². The van der Waals surface area contributed by atoms with E-state index in [-0.39, 0.29) is 5.56 Å². The molecule has 4 heteroatoms. The molecule has 116 valence electrons. The van der Waals surface area contributed by atoms with Gasteiger partial charge in [-0.1, -0.05) is 30.3 Å². The number of para-hydroxylation sites is 1. The molecule has 1 aromatic heterocycles. The second kappa shape index (κ2) is 5.72. The normalized spacial score (nSPS) is 10.7. The van der Waals surface area contributed by atoms with Gasteiger partial charge < -0.3 is 9.73 Å². The zero-order valence-electron chi connectivity index (χ0n) is 13.3. The second-order valence-electron chi connectivity index (χ2n) is 5.64. The van der Waals surface area contributed by atoms with E-state index in [0.29, 0.717) is 11.3 Å². The van der Waals surface area contributed by atoms with Crippen LogP contribution >= 0.6 is 0 Å². The van der Waals surface area contributed by atoms with Gasteiger partial charge in [0.15, 0.2) is 0 Å². The summed E-state index contributed by atoms with van der Waals surface area (Å²) in [7, 11) is 0. The molecular formula is C19H17NO3. The number of carbonyl (C=O) groups excluding carboxylic acids is 1. The molecule has 4 nitrogen and oxygen atoms in total. The Morgan fingerprint density at radius 2 is 1.70 bits per heavy atom. The van der Waals surface area contributed by atoms with Crippen LogP contribution in [0.15, 0.2) is 51.7 Å². The van der Waals surface area contributed by atoms with E-state index in [0.717, 1.165) is 22.1 Å². The van der Waals surface area contributed by atoms with Crippen LogP contribution in [0.2, 0.25) is 0 Å². The second-order valence-corrected chi connectivity index (χ2v) is 5.64. The molecule has 2 aromatic carbocycles. The molecule has 0 unspecified atom stereocenters. The number of carbonyl (C=O) groups is 1. The minimum absolute atomic E-state index is 0.00371. The molecule has 0 aliphatic rings. The molecule has 1 N–H and O–H groups in total. The molecule has 0 aliphatic carbocycles. The van der Waals surface area contributed by atoms with E-state index in [1.165, 1.54) is 0 Å². The highest BCUT2D eigenvalue weighted by atomic mass is 16.4. The molecule has 1 amide bonds. The fourth-order valence-corrected chi connectivity index (χ4v) is 2.52. The standard InChI is InChI=1S/C19H17NO3/c1-11-6-5-9-16(13(11)3)20-18(21)15-10-14-8-4-7-12(2)17(14)23-19(15)22/h4-10H,1-3H3,(H,20,21). The molecule has 0 saturated heterocycles. The Balaban J connectivity index is 2.03. The molecular weight excluding hydrogens is 290 g/mol. The Labute approximate surface area is 133 Å². The Kier molecular flexibility index (Phi) is 3.74. The molecule has 0 radical (unpaired) electrons. The lowest BCUT2D eigenvalue weighted by Gasteiger charge is -2.10. The molecule has 0 saturated carbocycles. The Morgan fingerprint density at radius 3 is 2.48 bits per heavy atom. The number of hydrogen-bond acceptors (Lipinski definition) is 3. The largest absolute Gasteiger partial charge is 0.422 e. The van der Waals surface area contributed by atoms with Crippen molar-refractivity contribution in [3.05, 3.63) is 75.1 Å². The predicted molar refractivity (Wildman–Crippen MR) is 91.1 cm³/mol. The summed E-state index contributed by atoms with van der Waals surface area (Å²) in [5.41, 5.74) is 3.49. The van der Waals surface area contributed by atoms with E-state index in [4.69, 9.17) is 4.42 Å². The quantitative estimate of drug-likeness (QED) is 0.729. The first-order valence-corrected chi connectivity index (χ1v) is 7.38. The number of amides is 1. The zero-order chi connectivity index (χ0) is 16.6. The van der Waals surface area contributed by atoms with E-state index in [1.54, 1.807) is 6.07 Å². The highest BCUT2D eigenvalue weighted by Gasteiger charge is 2.15. The lowest BCUT2D eigenvalue weighted by Crippen LogP contribution is -2.21. The van der Waals surface area contributed by atoms with Gasteiger partial charge in [0.1, 0.15) is 11.1 Å². The van der Waals surface area contributed by atoms with E-state index in [9.17, 15) is 9.59 Å². The minimum Gasteiger partial charge on any atom is -0.422 e. The van der Waals surface area contributed by atoms with Crippen LogP contribution in [0.3, 0.4) is 0 Å². The Morgan fingerprint density at radius 1 is 1.00 bits per heavy atom. The van der Waals surface area contributed by atoms with Crippen LogP contribution in [0.1, 0.15) is 27.0 Å². The van der Waals surface area contributed by atoms with Gasteiger partial charge in [0, 0.05) is 11.1 Å². The Bertz CT molecular complexity index is 970. The molecule has 3 rings (SSSR count). The maximum Gasteiger partial charge on any atom is 0.349 e. The first-order valence-electron chi connectivity index (χ1n) is 7.38. The molecule has 0 bridgehead atoms. The smallest absolute Gasteiger partial charge is 0.349 e. The zero-order valence-corrected chi connectivity index (χ0v) is 13.3. The molecule has 0 atom stereocenters. The van der Waals surface area contributed by atoms with E-state index >= 15 is 0 Å². The van der Waals surface area contributed by atoms with Gasteiger partial charge in [-0.3, -0.25) is 4.79 Å². The summed E-state index contributed by atoms with van der Waals surface area (Å²) in [6, 6.07) is 12.8. The van der Waals surface area contributed by atoms with Gasteiger partial charge in [0.25, 0.3) is 5.91 Å². The van der Waals surface area contributed by atoms with Gasteiger partial charge in [-0.15, -0.1) is 0 Å². The number of hydrogen-bond donors (Lipinski definition) is 1. The van der Waals surface area contributed by atoms with Crippen molar-refractivity contribution in [2.45, 2.75) is 20.8 Å². The monoisotopic (exact) mass is 307 g/mol.